The smallest absolute Gasteiger partial charge is 0.305 e. The first-order valence-corrected chi connectivity index (χ1v) is 4.88. The van der Waals surface area contributed by atoms with Crippen LogP contribution in [0.5, 0.6) is 0 Å². The summed E-state index contributed by atoms with van der Waals surface area (Å²) in [5, 5.41) is -0.294. The standard InChI is InChI=1S/C7H11Cl3O2/c1-12-6(11)4-2-3-5(8)7(9)10/h5,7H,2-4H2,1H3. The van der Waals surface area contributed by atoms with Crippen molar-refractivity contribution in [2.75, 3.05) is 7.11 Å². The average molecular weight is 234 g/mol. The van der Waals surface area contributed by atoms with E-state index in [0.717, 1.165) is 0 Å². The van der Waals surface area contributed by atoms with Gasteiger partial charge in [0.05, 0.1) is 12.5 Å². The summed E-state index contributed by atoms with van der Waals surface area (Å²) in [6.45, 7) is 0. The largest absolute Gasteiger partial charge is 0.469 e. The number of carbonyl (C=O) groups is 1. The number of methoxy groups -OCH3 is 1. The number of esters is 1. The SMILES string of the molecule is COC(=O)CCCC(Cl)C(Cl)Cl. The molecule has 0 spiro atoms. The monoisotopic (exact) mass is 232 g/mol. The molecule has 0 aromatic rings. The summed E-state index contributed by atoms with van der Waals surface area (Å²) in [4.78, 5) is 10.1. The highest BCUT2D eigenvalue weighted by molar-refractivity contribution is 6.48. The molecule has 0 aromatic carbocycles. The minimum Gasteiger partial charge on any atom is -0.469 e. The highest BCUT2D eigenvalue weighted by Crippen LogP contribution is 2.19. The zero-order chi connectivity index (χ0) is 9.56. The van der Waals surface area contributed by atoms with Crippen LogP contribution in [-0.2, 0) is 9.53 Å². The first kappa shape index (κ1) is 12.3. The lowest BCUT2D eigenvalue weighted by Gasteiger charge is -2.08. The summed E-state index contributed by atoms with van der Waals surface area (Å²) < 4.78 is 4.44. The lowest BCUT2D eigenvalue weighted by Crippen LogP contribution is -2.09. The molecule has 12 heavy (non-hydrogen) atoms. The molecule has 0 heterocycles. The number of hydrogen-bond acceptors (Lipinski definition) is 2. The number of carbonyl (C=O) groups excluding carboxylic acids is 1. The molecule has 0 N–H and O–H groups in total. The fraction of sp³-hybridized carbons (Fsp3) is 0.857. The van der Waals surface area contributed by atoms with E-state index in [1.54, 1.807) is 0 Å². The van der Waals surface area contributed by atoms with Gasteiger partial charge in [0.25, 0.3) is 0 Å². The van der Waals surface area contributed by atoms with Gasteiger partial charge in [0.15, 0.2) is 0 Å². The molecule has 0 saturated carbocycles. The van der Waals surface area contributed by atoms with Crippen molar-refractivity contribution in [2.45, 2.75) is 29.5 Å². The average Bonchev–Trinajstić information content (AvgIpc) is 2.03. The van der Waals surface area contributed by atoms with E-state index in [-0.39, 0.29) is 11.3 Å². The predicted molar refractivity (Wildman–Crippen MR) is 51.0 cm³/mol. The predicted octanol–water partition coefficient (Wildman–Crippen LogP) is 2.74. The Morgan fingerprint density at radius 3 is 2.42 bits per heavy atom. The maximum Gasteiger partial charge on any atom is 0.305 e. The molecule has 1 unspecified atom stereocenters. The van der Waals surface area contributed by atoms with Crippen LogP contribution in [0.25, 0.3) is 0 Å². The van der Waals surface area contributed by atoms with Crippen molar-refractivity contribution in [2.24, 2.45) is 0 Å². The Morgan fingerprint density at radius 2 is 2.00 bits per heavy atom. The minimum atomic E-state index is -0.579. The maximum absolute atomic E-state index is 10.6. The van der Waals surface area contributed by atoms with Crippen molar-refractivity contribution in [1.29, 1.82) is 0 Å². The van der Waals surface area contributed by atoms with Gasteiger partial charge in [-0.3, -0.25) is 4.79 Å². The normalized spacial score (nSPS) is 13.1. The van der Waals surface area contributed by atoms with Crippen LogP contribution in [-0.4, -0.2) is 23.3 Å². The Hall–Kier alpha value is 0.340. The molecule has 0 radical (unpaired) electrons. The summed E-state index contributed by atoms with van der Waals surface area (Å²) in [7, 11) is 1.35. The van der Waals surface area contributed by atoms with Gasteiger partial charge in [0, 0.05) is 6.42 Å². The van der Waals surface area contributed by atoms with E-state index >= 15 is 0 Å². The van der Waals surface area contributed by atoms with E-state index in [1.165, 1.54) is 7.11 Å². The Labute approximate surface area is 87.1 Å². The molecule has 0 bridgehead atoms. The van der Waals surface area contributed by atoms with Gasteiger partial charge in [-0.2, -0.15) is 0 Å². The molecule has 0 saturated heterocycles. The number of rotatable bonds is 5. The molecule has 0 amide bonds. The number of hydrogen-bond donors (Lipinski definition) is 0. The third-order valence-corrected chi connectivity index (χ3v) is 2.70. The topological polar surface area (TPSA) is 26.3 Å². The van der Waals surface area contributed by atoms with E-state index in [9.17, 15) is 4.79 Å². The molecule has 2 nitrogen and oxygen atoms in total. The number of alkyl halides is 3. The van der Waals surface area contributed by atoms with Gasteiger partial charge < -0.3 is 4.74 Å². The zero-order valence-corrected chi connectivity index (χ0v) is 8.99. The highest BCUT2D eigenvalue weighted by Gasteiger charge is 2.13. The van der Waals surface area contributed by atoms with Gasteiger partial charge in [-0.15, -0.1) is 34.8 Å². The van der Waals surface area contributed by atoms with E-state index in [0.29, 0.717) is 19.3 Å². The van der Waals surface area contributed by atoms with Crippen molar-refractivity contribution < 1.29 is 9.53 Å². The third-order valence-electron chi connectivity index (χ3n) is 1.36. The second-order valence-electron chi connectivity index (χ2n) is 2.32. The molecular formula is C7H11Cl3O2. The molecule has 0 rings (SSSR count). The molecule has 0 aliphatic rings. The van der Waals surface area contributed by atoms with Crippen molar-refractivity contribution >= 4 is 40.8 Å². The van der Waals surface area contributed by atoms with Crippen molar-refractivity contribution in [3.05, 3.63) is 0 Å². The van der Waals surface area contributed by atoms with Gasteiger partial charge in [-0.25, -0.2) is 0 Å². The van der Waals surface area contributed by atoms with E-state index in [1.807, 2.05) is 0 Å². The highest BCUT2D eigenvalue weighted by atomic mass is 35.5. The first-order valence-electron chi connectivity index (χ1n) is 3.57. The molecule has 72 valence electrons. The summed E-state index contributed by atoms with van der Waals surface area (Å²) in [5.41, 5.74) is 0. The summed E-state index contributed by atoms with van der Waals surface area (Å²) in [6, 6.07) is 0. The molecule has 0 aliphatic carbocycles. The molecule has 5 heteroatoms. The summed E-state index contributed by atoms with van der Waals surface area (Å²) >= 11 is 16.7. The van der Waals surface area contributed by atoms with E-state index in [2.05, 4.69) is 4.74 Å². The quantitative estimate of drug-likeness (QED) is 0.539. The summed E-state index contributed by atoms with van der Waals surface area (Å²) in [6.07, 6.45) is 1.63. The fourth-order valence-corrected chi connectivity index (χ4v) is 1.08. The maximum atomic E-state index is 10.6. The Bertz CT molecular complexity index is 139. The molecule has 0 aromatic heterocycles. The van der Waals surface area contributed by atoms with Gasteiger partial charge in [-0.05, 0) is 12.8 Å². The van der Waals surface area contributed by atoms with Crippen LogP contribution in [0, 0.1) is 0 Å². The van der Waals surface area contributed by atoms with Crippen LogP contribution in [0.15, 0.2) is 0 Å². The lowest BCUT2D eigenvalue weighted by molar-refractivity contribution is -0.140. The first-order chi connectivity index (χ1) is 5.57. The van der Waals surface area contributed by atoms with Crippen LogP contribution >= 0.6 is 34.8 Å². The van der Waals surface area contributed by atoms with Crippen LogP contribution in [0.1, 0.15) is 19.3 Å². The molecule has 0 fully saturated rings. The van der Waals surface area contributed by atoms with E-state index < -0.39 is 4.84 Å². The Morgan fingerprint density at radius 1 is 1.42 bits per heavy atom. The third kappa shape index (κ3) is 5.92. The molecular weight excluding hydrogens is 222 g/mol. The number of halogens is 3. The second-order valence-corrected chi connectivity index (χ2v) is 4.04. The van der Waals surface area contributed by atoms with Crippen LogP contribution in [0.2, 0.25) is 0 Å². The summed E-state index contributed by atoms with van der Waals surface area (Å²) in [5.74, 6) is -0.237. The fourth-order valence-electron chi connectivity index (χ4n) is 0.669. The minimum absolute atomic E-state index is 0.237. The van der Waals surface area contributed by atoms with Crippen molar-refractivity contribution in [3.63, 3.8) is 0 Å². The second kappa shape index (κ2) is 6.81. The van der Waals surface area contributed by atoms with Gasteiger partial charge in [-0.1, -0.05) is 0 Å². The van der Waals surface area contributed by atoms with E-state index in [4.69, 9.17) is 34.8 Å². The van der Waals surface area contributed by atoms with Crippen molar-refractivity contribution in [1.82, 2.24) is 0 Å². The molecule has 0 aliphatic heterocycles. The Balaban J connectivity index is 3.37. The number of ether oxygens (including phenoxy) is 1. The molecule has 1 atom stereocenters. The Kier molecular flexibility index (Phi) is 7.01. The van der Waals surface area contributed by atoms with Crippen LogP contribution < -0.4 is 0 Å². The van der Waals surface area contributed by atoms with Gasteiger partial charge in [0.1, 0.15) is 4.84 Å². The van der Waals surface area contributed by atoms with Gasteiger partial charge in [0.2, 0.25) is 0 Å². The zero-order valence-electron chi connectivity index (χ0n) is 6.73. The van der Waals surface area contributed by atoms with Crippen molar-refractivity contribution in [3.8, 4) is 0 Å². The lowest BCUT2D eigenvalue weighted by atomic mass is 10.2. The van der Waals surface area contributed by atoms with Gasteiger partial charge >= 0.3 is 5.97 Å². The van der Waals surface area contributed by atoms with Crippen LogP contribution in [0.4, 0.5) is 0 Å². The van der Waals surface area contributed by atoms with Crippen LogP contribution in [0.3, 0.4) is 0 Å².